The molecule has 1 unspecified atom stereocenters. The average Bonchev–Trinajstić information content (AvgIpc) is 3.80. The topological polar surface area (TPSA) is 93.5 Å². The average molecular weight is 763 g/mol. The summed E-state index contributed by atoms with van der Waals surface area (Å²) in [6.45, 7) is 23.6. The van der Waals surface area contributed by atoms with Gasteiger partial charge in [0, 0.05) is 37.8 Å². The van der Waals surface area contributed by atoms with E-state index in [2.05, 4.69) is 76.1 Å². The molecule has 7 nitrogen and oxygen atoms in total. The number of esters is 1. The van der Waals surface area contributed by atoms with Crippen LogP contribution < -0.4 is 0 Å². The molecular formula is C46H70N2O5S. The Labute approximate surface area is 327 Å². The monoisotopic (exact) mass is 763 g/mol. The van der Waals surface area contributed by atoms with E-state index in [1.54, 1.807) is 0 Å². The molecule has 0 aromatic heterocycles. The number of nitrogens with zero attached hydrogens (tertiary/aromatic N) is 2. The summed E-state index contributed by atoms with van der Waals surface area (Å²) < 4.78 is 26.1. The number of fused-ring (bicyclic) bond motifs is 9. The molecule has 8 rings (SSSR count). The highest BCUT2D eigenvalue weighted by Crippen LogP contribution is 2.77. The van der Waals surface area contributed by atoms with Crippen LogP contribution in [0.1, 0.15) is 122 Å². The van der Waals surface area contributed by atoms with E-state index >= 15 is 0 Å². The number of hydrogen-bond donors (Lipinski definition) is 3. The van der Waals surface area contributed by atoms with Crippen molar-refractivity contribution in [3.05, 3.63) is 53.6 Å². The van der Waals surface area contributed by atoms with Gasteiger partial charge in [0.15, 0.2) is 0 Å². The van der Waals surface area contributed by atoms with E-state index in [4.69, 9.17) is 4.74 Å². The van der Waals surface area contributed by atoms with Crippen molar-refractivity contribution < 1.29 is 23.7 Å². The molecule has 0 radical (unpaired) electrons. The van der Waals surface area contributed by atoms with Gasteiger partial charge in [-0.2, -0.15) is 10.6 Å². The van der Waals surface area contributed by atoms with Crippen molar-refractivity contribution in [2.45, 2.75) is 123 Å². The third-order valence-electron chi connectivity index (χ3n) is 18.3. The summed E-state index contributed by atoms with van der Waals surface area (Å²) in [6.07, 6.45) is 14.5. The lowest BCUT2D eigenvalue weighted by molar-refractivity contribution is -0.228. The van der Waals surface area contributed by atoms with Crippen molar-refractivity contribution in [2.24, 2.45) is 51.2 Å². The summed E-state index contributed by atoms with van der Waals surface area (Å²) in [5.74, 6) is 3.20. The predicted molar refractivity (Wildman–Crippen MR) is 221 cm³/mol. The molecule has 4 saturated carbocycles. The van der Waals surface area contributed by atoms with Crippen molar-refractivity contribution in [3.8, 4) is 0 Å². The zero-order valence-electron chi connectivity index (χ0n) is 34.4. The predicted octanol–water partition coefficient (Wildman–Crippen LogP) is 9.38. The second-order valence-corrected chi connectivity index (χ2v) is 22.9. The molecule has 7 aliphatic rings. The van der Waals surface area contributed by atoms with Crippen molar-refractivity contribution in [1.29, 1.82) is 0 Å². The van der Waals surface area contributed by atoms with Crippen molar-refractivity contribution in [1.82, 2.24) is 9.80 Å². The van der Waals surface area contributed by atoms with Gasteiger partial charge in [-0.1, -0.05) is 65.0 Å². The highest BCUT2D eigenvalue weighted by atomic mass is 32.3. The lowest BCUT2D eigenvalue weighted by Crippen LogP contribution is -2.68. The van der Waals surface area contributed by atoms with Crippen molar-refractivity contribution >= 4 is 22.1 Å². The number of allylic oxidation sites excluding steroid dienone is 3. The number of hydrogen-bond acceptors (Lipinski definition) is 7. The smallest absolute Gasteiger partial charge is 0.337 e. The summed E-state index contributed by atoms with van der Waals surface area (Å²) >= 11 is 0. The summed E-state index contributed by atoms with van der Waals surface area (Å²) in [7, 11) is -0.977. The number of likely N-dealkylation sites (tertiary alicyclic amines) is 1. The summed E-state index contributed by atoms with van der Waals surface area (Å²) in [6, 6.07) is 8.39. The molecule has 2 heterocycles. The molecule has 1 aromatic rings. The Morgan fingerprint density at radius 3 is 2.33 bits per heavy atom. The maximum Gasteiger partial charge on any atom is 0.337 e. The third kappa shape index (κ3) is 5.56. The van der Waals surface area contributed by atoms with Crippen LogP contribution in [0.25, 0.3) is 5.57 Å². The Kier molecular flexibility index (Phi) is 9.75. The first-order valence-corrected chi connectivity index (χ1v) is 23.1. The van der Waals surface area contributed by atoms with Crippen LogP contribution in [0.2, 0.25) is 0 Å². The van der Waals surface area contributed by atoms with Gasteiger partial charge in [-0.15, -0.1) is 0 Å². The standard InChI is InChI=1S/C46H70N2O5S/c1-30(2)35-15-20-46(48(25-26-49)24-23-47-28-34-27-33(47)29-54(34,51)52)22-21-44(6)37(40(35)46)13-14-39-43(5)18-16-36(31-9-11-32(12-10-31)41(50)53-8)42(3,4)38(43)17-19-45(39,44)7/h9-12,16,33-35,37-40,49,51-52H,1,13-15,17-29H2,2-8H3/t33-,34-,35-,37+,38-,39+,40?,43-,44+,45+,46-/m0/s1. The van der Waals surface area contributed by atoms with Gasteiger partial charge in [0.05, 0.1) is 30.3 Å². The molecule has 2 aliphatic heterocycles. The van der Waals surface area contributed by atoms with E-state index < -0.39 is 10.6 Å². The number of carbonyl (C=O) groups is 1. The number of ether oxygens (including phenoxy) is 1. The fraction of sp³-hybridized carbons (Fsp3) is 0.761. The number of β-amino-alcohol motifs (C(OH)–C–C–N with tert-alkyl or cyclic N) is 1. The van der Waals surface area contributed by atoms with Gasteiger partial charge in [0.2, 0.25) is 0 Å². The largest absolute Gasteiger partial charge is 0.465 e. The van der Waals surface area contributed by atoms with Crippen LogP contribution >= 0.6 is 10.6 Å². The van der Waals surface area contributed by atoms with E-state index in [0.717, 1.165) is 39.0 Å². The highest BCUT2D eigenvalue weighted by Gasteiger charge is 2.71. The van der Waals surface area contributed by atoms with Gasteiger partial charge >= 0.3 is 5.97 Å². The second kappa shape index (κ2) is 13.4. The quantitative estimate of drug-likeness (QED) is 0.171. The summed E-state index contributed by atoms with van der Waals surface area (Å²) in [5.41, 5.74) is 5.43. The minimum Gasteiger partial charge on any atom is -0.465 e. The van der Waals surface area contributed by atoms with Crippen LogP contribution in [-0.4, -0.2) is 92.5 Å². The molecule has 8 heteroatoms. The first-order chi connectivity index (χ1) is 25.5. The van der Waals surface area contributed by atoms with E-state index in [1.165, 1.54) is 75.2 Å². The van der Waals surface area contributed by atoms with E-state index in [0.29, 0.717) is 46.9 Å². The second-order valence-electron chi connectivity index (χ2n) is 20.5. The van der Waals surface area contributed by atoms with Gasteiger partial charge in [0.25, 0.3) is 0 Å². The number of carbonyl (C=O) groups excluding carboxylic acids is 1. The van der Waals surface area contributed by atoms with Gasteiger partial charge < -0.3 is 9.84 Å². The maximum atomic E-state index is 12.2. The molecule has 54 heavy (non-hydrogen) atoms. The zero-order valence-corrected chi connectivity index (χ0v) is 35.2. The fourth-order valence-corrected chi connectivity index (χ4v) is 17.8. The van der Waals surface area contributed by atoms with Crippen molar-refractivity contribution in [3.63, 3.8) is 0 Å². The van der Waals surface area contributed by atoms with Crippen LogP contribution in [0.3, 0.4) is 0 Å². The molecule has 0 amide bonds. The number of aliphatic hydroxyl groups is 1. The molecule has 11 atom stereocenters. The molecule has 300 valence electrons. The zero-order chi connectivity index (χ0) is 38.6. The minimum atomic E-state index is -2.42. The van der Waals surface area contributed by atoms with E-state index in [9.17, 15) is 19.0 Å². The van der Waals surface area contributed by atoms with Crippen LogP contribution in [0.15, 0.2) is 42.5 Å². The number of rotatable bonds is 9. The van der Waals surface area contributed by atoms with Gasteiger partial charge in [-0.05, 0) is 146 Å². The number of aliphatic hydroxyl groups excluding tert-OH is 1. The van der Waals surface area contributed by atoms with Crippen molar-refractivity contribution in [2.75, 3.05) is 45.6 Å². The number of benzene rings is 1. The Morgan fingerprint density at radius 2 is 1.70 bits per heavy atom. The Hall–Kier alpha value is -1.68. The Bertz CT molecular complexity index is 1670. The summed E-state index contributed by atoms with van der Waals surface area (Å²) in [5, 5.41) is 10.6. The van der Waals surface area contributed by atoms with E-state index in [-0.39, 0.29) is 45.0 Å². The van der Waals surface area contributed by atoms with Crippen LogP contribution in [0, 0.1) is 51.2 Å². The van der Waals surface area contributed by atoms with Crippen LogP contribution in [-0.2, 0) is 4.74 Å². The molecule has 2 saturated heterocycles. The maximum absolute atomic E-state index is 12.2. The molecular weight excluding hydrogens is 693 g/mol. The lowest BCUT2D eigenvalue weighted by atomic mass is 9.33. The summed E-state index contributed by atoms with van der Waals surface area (Å²) in [4.78, 5) is 17.5. The first kappa shape index (κ1) is 39.2. The Balaban J connectivity index is 1.08. The molecule has 3 N–H and O–H groups in total. The Morgan fingerprint density at radius 1 is 0.963 bits per heavy atom. The molecule has 2 bridgehead atoms. The molecule has 6 fully saturated rings. The molecule has 0 spiro atoms. The van der Waals surface area contributed by atoms with Gasteiger partial charge in [0.1, 0.15) is 0 Å². The minimum absolute atomic E-state index is 0.0217. The molecule has 1 aromatic carbocycles. The SMILES string of the molecule is C=C(C)[C@@H]1CC[C@]2(N(CCO)CCN3C[C@@H]4C[C@H]3CS4(O)O)CC[C@]3(C)[C@H](CC[C@@H]4[C@@]5(C)CC=C(c6ccc(C(=O)OC)cc6)C(C)(C)[C@@H]5CC[C@]43C)C12. The third-order valence-corrected chi connectivity index (χ3v) is 20.6. The van der Waals surface area contributed by atoms with E-state index in [1.807, 2.05) is 12.1 Å². The fourth-order valence-electron chi connectivity index (χ4n) is 15.7. The first-order valence-electron chi connectivity index (χ1n) is 21.4. The van der Waals surface area contributed by atoms with Crippen LogP contribution in [0.5, 0.6) is 0 Å². The molecule has 5 aliphatic carbocycles. The van der Waals surface area contributed by atoms with Crippen LogP contribution in [0.4, 0.5) is 0 Å². The van der Waals surface area contributed by atoms with Gasteiger partial charge in [-0.25, -0.2) is 4.79 Å². The normalized spacial score (nSPS) is 43.8. The highest BCUT2D eigenvalue weighted by molar-refractivity contribution is 8.25. The lowest BCUT2D eigenvalue weighted by Gasteiger charge is -2.73. The van der Waals surface area contributed by atoms with Gasteiger partial charge in [-0.3, -0.25) is 18.9 Å². The number of methoxy groups -OCH3 is 1.